The number of para-hydroxylation sites is 1. The third-order valence-electron chi connectivity index (χ3n) is 2.36. The summed E-state index contributed by atoms with van der Waals surface area (Å²) in [5, 5.41) is 4.25. The van der Waals surface area contributed by atoms with Crippen LogP contribution in [0.3, 0.4) is 0 Å². The van der Waals surface area contributed by atoms with Crippen LogP contribution in [0.15, 0.2) is 36.5 Å². The number of ether oxygens (including phenoxy) is 1. The lowest BCUT2D eigenvalue weighted by Gasteiger charge is -2.06. The summed E-state index contributed by atoms with van der Waals surface area (Å²) in [5.41, 5.74) is 7.10. The first kappa shape index (κ1) is 12.2. The van der Waals surface area contributed by atoms with E-state index in [1.54, 1.807) is 4.68 Å². The largest absolute Gasteiger partial charge is 0.486 e. The van der Waals surface area contributed by atoms with Gasteiger partial charge in [0.05, 0.1) is 17.8 Å². The molecule has 0 saturated heterocycles. The van der Waals surface area contributed by atoms with Crippen molar-refractivity contribution in [2.24, 2.45) is 12.8 Å². The molecule has 0 fully saturated rings. The lowest BCUT2D eigenvalue weighted by molar-refractivity contribution is 0.299. The summed E-state index contributed by atoms with van der Waals surface area (Å²) < 4.78 is 7.46. The zero-order valence-electron chi connectivity index (χ0n) is 10.3. The smallest absolute Gasteiger partial charge is 0.135 e. The van der Waals surface area contributed by atoms with Crippen molar-refractivity contribution in [3.8, 4) is 17.6 Å². The van der Waals surface area contributed by atoms with Crippen LogP contribution in [0.25, 0.3) is 0 Å². The molecular weight excluding hydrogens is 226 g/mol. The first-order chi connectivity index (χ1) is 8.79. The minimum atomic E-state index is 0.342. The van der Waals surface area contributed by atoms with Gasteiger partial charge in [0.2, 0.25) is 0 Å². The molecule has 0 atom stereocenters. The number of nitrogens with two attached hydrogens (primary N) is 1. The van der Waals surface area contributed by atoms with Crippen molar-refractivity contribution in [1.29, 1.82) is 0 Å². The van der Waals surface area contributed by atoms with Crippen molar-refractivity contribution in [2.45, 2.75) is 6.61 Å². The zero-order valence-corrected chi connectivity index (χ0v) is 10.3. The number of aryl methyl sites for hydroxylation is 1. The minimum Gasteiger partial charge on any atom is -0.486 e. The van der Waals surface area contributed by atoms with Gasteiger partial charge in [-0.15, -0.1) is 0 Å². The highest BCUT2D eigenvalue weighted by molar-refractivity contribution is 5.46. The molecule has 0 amide bonds. The summed E-state index contributed by atoms with van der Waals surface area (Å²) in [7, 11) is 1.88. The SMILES string of the molecule is Cn1ccc(COc2ccccc2C#CCN)n1. The van der Waals surface area contributed by atoms with Gasteiger partial charge in [0.1, 0.15) is 12.4 Å². The molecule has 0 bridgehead atoms. The molecule has 0 spiro atoms. The highest BCUT2D eigenvalue weighted by atomic mass is 16.5. The summed E-state index contributed by atoms with van der Waals surface area (Å²) in [6.07, 6.45) is 1.89. The van der Waals surface area contributed by atoms with Crippen LogP contribution in [0.2, 0.25) is 0 Å². The van der Waals surface area contributed by atoms with Crippen LogP contribution in [0.5, 0.6) is 5.75 Å². The summed E-state index contributed by atoms with van der Waals surface area (Å²) in [5.74, 6) is 6.57. The van der Waals surface area contributed by atoms with Crippen LogP contribution in [0, 0.1) is 11.8 Å². The second-order valence-electron chi connectivity index (χ2n) is 3.77. The van der Waals surface area contributed by atoms with Gasteiger partial charge in [-0.25, -0.2) is 0 Å². The molecule has 2 aromatic rings. The van der Waals surface area contributed by atoms with E-state index in [1.807, 2.05) is 43.6 Å². The van der Waals surface area contributed by atoms with E-state index in [0.29, 0.717) is 13.2 Å². The lowest BCUT2D eigenvalue weighted by atomic mass is 10.2. The van der Waals surface area contributed by atoms with Crippen molar-refractivity contribution in [2.75, 3.05) is 6.54 Å². The number of benzene rings is 1. The fraction of sp³-hybridized carbons (Fsp3) is 0.214. The van der Waals surface area contributed by atoms with Gasteiger partial charge < -0.3 is 10.5 Å². The maximum atomic E-state index is 5.71. The van der Waals surface area contributed by atoms with Crippen molar-refractivity contribution >= 4 is 0 Å². The van der Waals surface area contributed by atoms with Crippen LogP contribution < -0.4 is 10.5 Å². The van der Waals surface area contributed by atoms with E-state index in [9.17, 15) is 0 Å². The molecule has 1 aromatic carbocycles. The molecule has 2 rings (SSSR count). The van der Waals surface area contributed by atoms with Crippen molar-refractivity contribution in [1.82, 2.24) is 9.78 Å². The molecule has 0 aliphatic heterocycles. The molecule has 0 radical (unpaired) electrons. The van der Waals surface area contributed by atoms with Gasteiger partial charge in [0.25, 0.3) is 0 Å². The van der Waals surface area contributed by atoms with Crippen LogP contribution in [-0.4, -0.2) is 16.3 Å². The summed E-state index contributed by atoms with van der Waals surface area (Å²) in [4.78, 5) is 0. The van der Waals surface area contributed by atoms with Crippen LogP contribution >= 0.6 is 0 Å². The average molecular weight is 241 g/mol. The normalized spacial score (nSPS) is 9.67. The predicted molar refractivity (Wildman–Crippen MR) is 69.9 cm³/mol. The Morgan fingerprint density at radius 2 is 2.17 bits per heavy atom. The molecule has 2 N–H and O–H groups in total. The number of nitrogens with zero attached hydrogens (tertiary/aromatic N) is 2. The number of hydrogen-bond donors (Lipinski definition) is 1. The molecule has 1 heterocycles. The third-order valence-corrected chi connectivity index (χ3v) is 2.36. The predicted octanol–water partition coefficient (Wildman–Crippen LogP) is 1.31. The van der Waals surface area contributed by atoms with E-state index >= 15 is 0 Å². The Morgan fingerprint density at radius 3 is 2.89 bits per heavy atom. The molecule has 1 aromatic heterocycles. The van der Waals surface area contributed by atoms with Gasteiger partial charge in [0.15, 0.2) is 0 Å². The Morgan fingerprint density at radius 1 is 1.33 bits per heavy atom. The standard InChI is InChI=1S/C14H15N3O/c1-17-10-8-13(16-17)11-18-14-7-3-2-5-12(14)6-4-9-15/h2-3,5,7-8,10H,9,11,15H2,1H3. The third kappa shape index (κ3) is 3.12. The highest BCUT2D eigenvalue weighted by Gasteiger charge is 2.02. The van der Waals surface area contributed by atoms with Gasteiger partial charge >= 0.3 is 0 Å². The van der Waals surface area contributed by atoms with Crippen LogP contribution in [-0.2, 0) is 13.7 Å². The Balaban J connectivity index is 2.09. The van der Waals surface area contributed by atoms with Crippen LogP contribution in [0.4, 0.5) is 0 Å². The summed E-state index contributed by atoms with van der Waals surface area (Å²) in [6.45, 7) is 0.775. The molecule has 18 heavy (non-hydrogen) atoms. The lowest BCUT2D eigenvalue weighted by Crippen LogP contribution is -1.99. The summed E-state index contributed by atoms with van der Waals surface area (Å²) in [6, 6.07) is 9.57. The first-order valence-corrected chi connectivity index (χ1v) is 5.69. The molecule has 4 heteroatoms. The molecule has 92 valence electrons. The highest BCUT2D eigenvalue weighted by Crippen LogP contribution is 2.17. The quantitative estimate of drug-likeness (QED) is 0.824. The zero-order chi connectivity index (χ0) is 12.8. The second-order valence-corrected chi connectivity index (χ2v) is 3.77. The number of aromatic nitrogens is 2. The Kier molecular flexibility index (Phi) is 4.00. The number of rotatable bonds is 3. The molecule has 4 nitrogen and oxygen atoms in total. The van der Waals surface area contributed by atoms with Crippen molar-refractivity contribution in [3.05, 3.63) is 47.8 Å². The Labute approximate surface area is 106 Å². The van der Waals surface area contributed by atoms with E-state index < -0.39 is 0 Å². The monoisotopic (exact) mass is 241 g/mol. The fourth-order valence-electron chi connectivity index (χ4n) is 1.53. The van der Waals surface area contributed by atoms with Gasteiger partial charge in [-0.2, -0.15) is 5.10 Å². The van der Waals surface area contributed by atoms with Crippen molar-refractivity contribution < 1.29 is 4.74 Å². The van der Waals surface area contributed by atoms with Gasteiger partial charge in [0, 0.05) is 13.2 Å². The Hall–Kier alpha value is -2.25. The maximum Gasteiger partial charge on any atom is 0.135 e. The second kappa shape index (κ2) is 5.89. The van der Waals surface area contributed by atoms with E-state index in [2.05, 4.69) is 16.9 Å². The molecular formula is C14H15N3O. The molecule has 0 unspecified atom stereocenters. The maximum absolute atomic E-state index is 5.71. The summed E-state index contributed by atoms with van der Waals surface area (Å²) >= 11 is 0. The van der Waals surface area contributed by atoms with Crippen molar-refractivity contribution in [3.63, 3.8) is 0 Å². The fourth-order valence-corrected chi connectivity index (χ4v) is 1.53. The van der Waals surface area contributed by atoms with Crippen LogP contribution in [0.1, 0.15) is 11.3 Å². The minimum absolute atomic E-state index is 0.342. The molecule has 0 aliphatic rings. The topological polar surface area (TPSA) is 53.1 Å². The van der Waals surface area contributed by atoms with E-state index in [0.717, 1.165) is 17.0 Å². The van der Waals surface area contributed by atoms with E-state index in [-0.39, 0.29) is 0 Å². The van der Waals surface area contributed by atoms with Gasteiger partial charge in [-0.05, 0) is 18.2 Å². The van der Waals surface area contributed by atoms with Gasteiger partial charge in [-0.3, -0.25) is 4.68 Å². The average Bonchev–Trinajstić information content (AvgIpc) is 2.81. The van der Waals surface area contributed by atoms with E-state index in [4.69, 9.17) is 10.5 Å². The first-order valence-electron chi connectivity index (χ1n) is 5.69. The molecule has 0 saturated carbocycles. The molecule has 0 aliphatic carbocycles. The van der Waals surface area contributed by atoms with Gasteiger partial charge in [-0.1, -0.05) is 24.0 Å². The van der Waals surface area contributed by atoms with E-state index in [1.165, 1.54) is 0 Å². The number of hydrogen-bond acceptors (Lipinski definition) is 3. The Bertz CT molecular complexity index is 578.